The molecule has 0 amide bonds. The summed E-state index contributed by atoms with van der Waals surface area (Å²) < 4.78 is 0. The maximum absolute atomic E-state index is 5.71. The molecular weight excluding hydrogens is 223 g/mol. The molecule has 0 saturated heterocycles. The molecule has 0 fully saturated rings. The lowest BCUT2D eigenvalue weighted by Crippen LogP contribution is -2.06. The molecule has 14 heavy (non-hydrogen) atoms. The fraction of sp³-hybridized carbons (Fsp3) is 0.250. The molecule has 76 valence electrons. The molecule has 0 aliphatic rings. The lowest BCUT2D eigenvalue weighted by atomic mass is 10.3. The fourth-order valence-electron chi connectivity index (χ4n) is 1.10. The molecule has 2 aromatic rings. The van der Waals surface area contributed by atoms with Gasteiger partial charge in [-0.05, 0) is 19.1 Å². The first-order valence-corrected chi connectivity index (χ1v) is 4.32. The molecule has 6 heteroatoms. The van der Waals surface area contributed by atoms with E-state index in [0.29, 0.717) is 10.8 Å². The van der Waals surface area contributed by atoms with Crippen molar-refractivity contribution in [2.45, 2.75) is 13.0 Å². The van der Waals surface area contributed by atoms with E-state index in [1.54, 1.807) is 6.07 Å². The number of fused-ring (bicyclic) bond motifs is 1. The molecule has 0 aromatic carbocycles. The van der Waals surface area contributed by atoms with Crippen molar-refractivity contribution in [2.75, 3.05) is 0 Å². The highest BCUT2D eigenvalue weighted by Gasteiger charge is 2.07. The van der Waals surface area contributed by atoms with Crippen LogP contribution < -0.4 is 5.73 Å². The van der Waals surface area contributed by atoms with Crippen LogP contribution in [0.3, 0.4) is 0 Å². The number of nitrogens with zero attached hydrogens (tertiary/aromatic N) is 2. The summed E-state index contributed by atoms with van der Waals surface area (Å²) in [5, 5.41) is 0.440. The molecule has 4 nitrogen and oxygen atoms in total. The Labute approximate surface area is 92.3 Å². The number of rotatable bonds is 1. The zero-order valence-corrected chi connectivity index (χ0v) is 9.06. The summed E-state index contributed by atoms with van der Waals surface area (Å²) in [6, 6.07) is 3.43. The van der Waals surface area contributed by atoms with Crippen molar-refractivity contribution in [2.24, 2.45) is 5.73 Å². The highest BCUT2D eigenvalue weighted by Crippen LogP contribution is 2.15. The molecule has 2 aromatic heterocycles. The van der Waals surface area contributed by atoms with Gasteiger partial charge in [0, 0.05) is 0 Å². The molecule has 0 spiro atoms. The van der Waals surface area contributed by atoms with E-state index < -0.39 is 0 Å². The second kappa shape index (κ2) is 4.13. The van der Waals surface area contributed by atoms with Gasteiger partial charge in [0.2, 0.25) is 0 Å². The minimum atomic E-state index is -0.118. The number of aromatic amines is 1. The van der Waals surface area contributed by atoms with Gasteiger partial charge in [0.15, 0.2) is 5.65 Å². The van der Waals surface area contributed by atoms with E-state index in [0.717, 1.165) is 11.3 Å². The van der Waals surface area contributed by atoms with Crippen molar-refractivity contribution >= 4 is 35.2 Å². The van der Waals surface area contributed by atoms with Crippen molar-refractivity contribution in [3.05, 3.63) is 23.1 Å². The summed E-state index contributed by atoms with van der Waals surface area (Å²) in [4.78, 5) is 11.3. The molecule has 0 aliphatic heterocycles. The van der Waals surface area contributed by atoms with E-state index in [4.69, 9.17) is 17.3 Å². The van der Waals surface area contributed by atoms with E-state index >= 15 is 0 Å². The summed E-state index contributed by atoms with van der Waals surface area (Å²) in [5.74, 6) is 0.727. The minimum absolute atomic E-state index is 0. The van der Waals surface area contributed by atoms with Crippen LogP contribution in [0.5, 0.6) is 0 Å². The topological polar surface area (TPSA) is 67.6 Å². The van der Waals surface area contributed by atoms with E-state index in [9.17, 15) is 0 Å². The van der Waals surface area contributed by atoms with Crippen molar-refractivity contribution in [3.63, 3.8) is 0 Å². The summed E-state index contributed by atoms with van der Waals surface area (Å²) in [6.07, 6.45) is 0. The minimum Gasteiger partial charge on any atom is -0.339 e. The Morgan fingerprint density at radius 2 is 2.14 bits per heavy atom. The van der Waals surface area contributed by atoms with E-state index in [2.05, 4.69) is 15.0 Å². The fourth-order valence-corrected chi connectivity index (χ4v) is 1.25. The Bertz CT molecular complexity index is 438. The molecule has 2 heterocycles. The van der Waals surface area contributed by atoms with E-state index in [1.165, 1.54) is 0 Å². The van der Waals surface area contributed by atoms with Crippen molar-refractivity contribution in [1.82, 2.24) is 15.0 Å². The number of pyridine rings is 1. The van der Waals surface area contributed by atoms with Gasteiger partial charge in [0.25, 0.3) is 0 Å². The van der Waals surface area contributed by atoms with Gasteiger partial charge in [0.1, 0.15) is 11.0 Å². The summed E-state index contributed by atoms with van der Waals surface area (Å²) in [6.45, 7) is 1.86. The van der Waals surface area contributed by atoms with Crippen molar-refractivity contribution in [3.8, 4) is 0 Å². The van der Waals surface area contributed by atoms with Crippen LogP contribution in [-0.4, -0.2) is 15.0 Å². The Hall–Kier alpha value is -0.840. The predicted molar refractivity (Wildman–Crippen MR) is 58.7 cm³/mol. The number of nitrogens with two attached hydrogens (primary N) is 1. The second-order valence-corrected chi connectivity index (χ2v) is 3.30. The monoisotopic (exact) mass is 232 g/mol. The Balaban J connectivity index is 0.000000980. The molecule has 3 N–H and O–H groups in total. The standard InChI is InChI=1S/C8H9ClN4.ClH/c1-4(10)7-11-5-2-3-6(9)12-8(5)13-7;/h2-4H,10H2,1H3,(H,11,12,13);1H. The van der Waals surface area contributed by atoms with Crippen LogP contribution >= 0.6 is 24.0 Å². The highest BCUT2D eigenvalue weighted by atomic mass is 35.5. The summed E-state index contributed by atoms with van der Waals surface area (Å²) >= 11 is 5.71. The molecule has 2 rings (SSSR count). The summed E-state index contributed by atoms with van der Waals surface area (Å²) in [5.41, 5.74) is 7.13. The third-order valence-corrected chi connectivity index (χ3v) is 1.97. The Morgan fingerprint density at radius 1 is 1.43 bits per heavy atom. The van der Waals surface area contributed by atoms with Crippen LogP contribution in [0.4, 0.5) is 0 Å². The van der Waals surface area contributed by atoms with Gasteiger partial charge in [-0.15, -0.1) is 12.4 Å². The lowest BCUT2D eigenvalue weighted by Gasteiger charge is -1.96. The molecule has 0 saturated carbocycles. The van der Waals surface area contributed by atoms with Gasteiger partial charge in [-0.25, -0.2) is 9.97 Å². The van der Waals surface area contributed by atoms with Gasteiger partial charge in [-0.3, -0.25) is 0 Å². The molecule has 1 atom stereocenters. The lowest BCUT2D eigenvalue weighted by molar-refractivity contribution is 0.759. The SMILES string of the molecule is CC(N)c1nc2nc(Cl)ccc2[nH]1.Cl. The van der Waals surface area contributed by atoms with Crippen LogP contribution in [0.15, 0.2) is 12.1 Å². The van der Waals surface area contributed by atoms with Gasteiger partial charge in [0.05, 0.1) is 11.6 Å². The first-order chi connectivity index (χ1) is 6.16. The Kier molecular flexibility index (Phi) is 3.31. The molecule has 1 unspecified atom stereocenters. The second-order valence-electron chi connectivity index (χ2n) is 2.92. The molecule has 0 bridgehead atoms. The van der Waals surface area contributed by atoms with Crippen molar-refractivity contribution < 1.29 is 0 Å². The average molecular weight is 233 g/mol. The number of imidazole rings is 1. The van der Waals surface area contributed by atoms with Crippen LogP contribution in [0.2, 0.25) is 5.15 Å². The average Bonchev–Trinajstić information content (AvgIpc) is 2.46. The number of hydrogen-bond donors (Lipinski definition) is 2. The number of halogens is 2. The van der Waals surface area contributed by atoms with Gasteiger partial charge < -0.3 is 10.7 Å². The quantitative estimate of drug-likeness (QED) is 0.740. The van der Waals surface area contributed by atoms with Gasteiger partial charge >= 0.3 is 0 Å². The maximum atomic E-state index is 5.71. The van der Waals surface area contributed by atoms with E-state index in [-0.39, 0.29) is 18.4 Å². The molecule has 0 radical (unpaired) electrons. The number of aromatic nitrogens is 3. The Morgan fingerprint density at radius 3 is 2.79 bits per heavy atom. The third-order valence-electron chi connectivity index (χ3n) is 1.76. The van der Waals surface area contributed by atoms with E-state index in [1.807, 2.05) is 13.0 Å². The number of H-pyrrole nitrogens is 1. The van der Waals surface area contributed by atoms with Crippen LogP contribution in [0.1, 0.15) is 18.8 Å². The molecular formula is C8H10Cl2N4. The number of hydrogen-bond acceptors (Lipinski definition) is 3. The zero-order chi connectivity index (χ0) is 9.42. The van der Waals surface area contributed by atoms with Crippen LogP contribution in [0.25, 0.3) is 11.2 Å². The number of nitrogens with one attached hydrogen (secondary N) is 1. The van der Waals surface area contributed by atoms with Crippen LogP contribution in [0, 0.1) is 0 Å². The first kappa shape index (κ1) is 11.2. The normalized spacial score (nSPS) is 12.5. The van der Waals surface area contributed by atoms with Crippen LogP contribution in [-0.2, 0) is 0 Å². The van der Waals surface area contributed by atoms with Gasteiger partial charge in [-0.1, -0.05) is 11.6 Å². The maximum Gasteiger partial charge on any atom is 0.179 e. The highest BCUT2D eigenvalue weighted by molar-refractivity contribution is 6.29. The molecule has 0 aliphatic carbocycles. The largest absolute Gasteiger partial charge is 0.339 e. The summed E-state index contributed by atoms with van der Waals surface area (Å²) in [7, 11) is 0. The smallest absolute Gasteiger partial charge is 0.179 e. The predicted octanol–water partition coefficient (Wildman–Crippen LogP) is 2.05. The third kappa shape index (κ3) is 1.97. The van der Waals surface area contributed by atoms with Gasteiger partial charge in [-0.2, -0.15) is 0 Å². The zero-order valence-electron chi connectivity index (χ0n) is 7.49. The van der Waals surface area contributed by atoms with Crippen molar-refractivity contribution in [1.29, 1.82) is 0 Å². The first-order valence-electron chi connectivity index (χ1n) is 3.94.